The summed E-state index contributed by atoms with van der Waals surface area (Å²) in [7, 11) is 0. The van der Waals surface area contributed by atoms with Crippen LogP contribution in [-0.2, 0) is 6.54 Å². The van der Waals surface area contributed by atoms with E-state index < -0.39 is 11.9 Å². The highest BCUT2D eigenvalue weighted by Gasteiger charge is 2.16. The largest absolute Gasteiger partial charge is 0.475 e. The lowest BCUT2D eigenvalue weighted by Crippen LogP contribution is -2.25. The van der Waals surface area contributed by atoms with E-state index in [4.69, 9.17) is 5.11 Å². The van der Waals surface area contributed by atoms with Gasteiger partial charge in [-0.05, 0) is 26.3 Å². The van der Waals surface area contributed by atoms with Crippen molar-refractivity contribution in [3.8, 4) is 0 Å². The van der Waals surface area contributed by atoms with Crippen molar-refractivity contribution in [2.24, 2.45) is 0 Å². The summed E-state index contributed by atoms with van der Waals surface area (Å²) in [5, 5.41) is 19.1. The first kappa shape index (κ1) is 14.8. The van der Waals surface area contributed by atoms with E-state index in [-0.39, 0.29) is 11.5 Å². The number of rotatable bonds is 6. The summed E-state index contributed by atoms with van der Waals surface area (Å²) in [5.41, 5.74) is 1.99. The zero-order valence-electron chi connectivity index (χ0n) is 11.8. The number of carbonyl (C=O) groups is 2. The molecule has 2 rings (SSSR count). The molecular formula is C13H16N4O4. The number of aryl methyl sites for hydroxylation is 3. The Balaban J connectivity index is 1.79. The Morgan fingerprint density at radius 2 is 2.14 bits per heavy atom. The molecule has 8 heteroatoms. The van der Waals surface area contributed by atoms with Crippen molar-refractivity contribution in [2.45, 2.75) is 26.8 Å². The van der Waals surface area contributed by atoms with Crippen molar-refractivity contribution in [1.29, 1.82) is 0 Å². The van der Waals surface area contributed by atoms with Crippen LogP contribution in [0, 0.1) is 13.8 Å². The van der Waals surface area contributed by atoms with Crippen LogP contribution < -0.4 is 5.32 Å². The number of nitrogens with zero attached hydrogens (tertiary/aromatic N) is 3. The fraction of sp³-hybridized carbons (Fsp3) is 0.385. The summed E-state index contributed by atoms with van der Waals surface area (Å²) in [6, 6.07) is 3.08. The molecule has 0 fully saturated rings. The summed E-state index contributed by atoms with van der Waals surface area (Å²) in [6.45, 7) is 5.03. The van der Waals surface area contributed by atoms with Gasteiger partial charge in [0.2, 0.25) is 5.76 Å². The fourth-order valence-electron chi connectivity index (χ4n) is 1.91. The first-order valence-corrected chi connectivity index (χ1v) is 6.46. The molecule has 0 bridgehead atoms. The van der Waals surface area contributed by atoms with Crippen molar-refractivity contribution in [1.82, 2.24) is 20.3 Å². The SMILES string of the molecule is Cc1cc(C)n(CCCNC(=O)c2cc(C(=O)O)on2)n1. The summed E-state index contributed by atoms with van der Waals surface area (Å²) in [6.07, 6.45) is 0.706. The molecule has 2 aromatic rings. The van der Waals surface area contributed by atoms with Gasteiger partial charge in [-0.15, -0.1) is 0 Å². The molecular weight excluding hydrogens is 276 g/mol. The van der Waals surface area contributed by atoms with E-state index >= 15 is 0 Å². The molecule has 21 heavy (non-hydrogen) atoms. The minimum atomic E-state index is -1.26. The van der Waals surface area contributed by atoms with E-state index in [1.54, 1.807) is 0 Å². The van der Waals surface area contributed by atoms with Gasteiger partial charge in [-0.2, -0.15) is 5.10 Å². The van der Waals surface area contributed by atoms with Gasteiger partial charge in [-0.1, -0.05) is 5.16 Å². The number of aromatic carboxylic acids is 1. The van der Waals surface area contributed by atoms with Gasteiger partial charge in [0.1, 0.15) is 0 Å². The molecule has 0 atom stereocenters. The number of amides is 1. The van der Waals surface area contributed by atoms with Gasteiger partial charge in [0.25, 0.3) is 5.91 Å². The van der Waals surface area contributed by atoms with Crippen LogP contribution in [0.1, 0.15) is 38.9 Å². The third-order valence-corrected chi connectivity index (χ3v) is 2.89. The van der Waals surface area contributed by atoms with Gasteiger partial charge in [-0.25, -0.2) is 4.79 Å². The quantitative estimate of drug-likeness (QED) is 0.769. The average Bonchev–Trinajstić information content (AvgIpc) is 3.02. The molecule has 0 aliphatic rings. The second kappa shape index (κ2) is 6.21. The second-order valence-electron chi connectivity index (χ2n) is 4.64. The van der Waals surface area contributed by atoms with Crippen LogP contribution in [0.15, 0.2) is 16.7 Å². The Hall–Kier alpha value is -2.64. The topological polar surface area (TPSA) is 110 Å². The number of carboxylic acids is 1. The van der Waals surface area contributed by atoms with Crippen molar-refractivity contribution < 1.29 is 19.2 Å². The van der Waals surface area contributed by atoms with Crippen molar-refractivity contribution in [3.05, 3.63) is 35.0 Å². The van der Waals surface area contributed by atoms with Crippen LogP contribution in [0.4, 0.5) is 0 Å². The summed E-state index contributed by atoms with van der Waals surface area (Å²) < 4.78 is 6.39. The third kappa shape index (κ3) is 3.68. The maximum atomic E-state index is 11.7. The molecule has 0 spiro atoms. The Labute approximate surface area is 120 Å². The number of aromatic nitrogens is 3. The molecule has 0 aromatic carbocycles. The molecule has 1 amide bonds. The van der Waals surface area contributed by atoms with Gasteiger partial charge in [-0.3, -0.25) is 9.48 Å². The molecule has 0 aliphatic heterocycles. The molecule has 112 valence electrons. The normalized spacial score (nSPS) is 10.6. The zero-order chi connectivity index (χ0) is 15.4. The lowest BCUT2D eigenvalue weighted by Gasteiger charge is -2.05. The highest BCUT2D eigenvalue weighted by Crippen LogP contribution is 2.04. The number of nitrogens with one attached hydrogen (secondary N) is 1. The summed E-state index contributed by atoms with van der Waals surface area (Å²) in [5.74, 6) is -2.08. The smallest absolute Gasteiger partial charge is 0.374 e. The number of hydrogen-bond donors (Lipinski definition) is 2. The second-order valence-corrected chi connectivity index (χ2v) is 4.64. The molecule has 2 N–H and O–H groups in total. The van der Waals surface area contributed by atoms with Crippen LogP contribution >= 0.6 is 0 Å². The van der Waals surface area contributed by atoms with Crippen LogP contribution in [0.25, 0.3) is 0 Å². The standard InChI is InChI=1S/C13H16N4O4/c1-8-6-9(2)17(15-8)5-3-4-14-12(18)10-7-11(13(19)20)21-16-10/h6-7H,3-5H2,1-2H3,(H,14,18)(H,19,20). The van der Waals surface area contributed by atoms with E-state index in [2.05, 4.69) is 20.1 Å². The Morgan fingerprint density at radius 3 is 2.71 bits per heavy atom. The van der Waals surface area contributed by atoms with Crippen LogP contribution in [0.3, 0.4) is 0 Å². The highest BCUT2D eigenvalue weighted by molar-refractivity contribution is 5.94. The predicted octanol–water partition coefficient (Wildman–Crippen LogP) is 1.01. The number of carboxylic acid groups (broad SMARTS) is 1. The molecule has 0 saturated carbocycles. The number of hydrogen-bond acceptors (Lipinski definition) is 5. The van der Waals surface area contributed by atoms with Crippen molar-refractivity contribution in [3.63, 3.8) is 0 Å². The minimum absolute atomic E-state index is 0.0430. The van der Waals surface area contributed by atoms with Gasteiger partial charge in [0.15, 0.2) is 5.69 Å². The van der Waals surface area contributed by atoms with Crippen LogP contribution in [-0.4, -0.2) is 38.5 Å². The van der Waals surface area contributed by atoms with E-state index in [9.17, 15) is 9.59 Å². The molecule has 8 nitrogen and oxygen atoms in total. The zero-order valence-corrected chi connectivity index (χ0v) is 11.8. The van der Waals surface area contributed by atoms with Gasteiger partial charge < -0.3 is 14.9 Å². The molecule has 2 aromatic heterocycles. The summed E-state index contributed by atoms with van der Waals surface area (Å²) in [4.78, 5) is 22.3. The monoisotopic (exact) mass is 292 g/mol. The van der Waals surface area contributed by atoms with Gasteiger partial charge in [0, 0.05) is 24.8 Å². The Bertz CT molecular complexity index is 659. The first-order chi connectivity index (χ1) is 9.97. The molecule has 0 unspecified atom stereocenters. The fourth-order valence-corrected chi connectivity index (χ4v) is 1.91. The maximum Gasteiger partial charge on any atom is 0.374 e. The maximum absolute atomic E-state index is 11.7. The predicted molar refractivity (Wildman–Crippen MR) is 72.1 cm³/mol. The van der Waals surface area contributed by atoms with Crippen LogP contribution in [0.5, 0.6) is 0 Å². The highest BCUT2D eigenvalue weighted by atomic mass is 16.5. The van der Waals surface area contributed by atoms with E-state index in [0.717, 1.165) is 17.5 Å². The minimum Gasteiger partial charge on any atom is -0.475 e. The van der Waals surface area contributed by atoms with E-state index in [1.165, 1.54) is 0 Å². The summed E-state index contributed by atoms with van der Waals surface area (Å²) >= 11 is 0. The molecule has 2 heterocycles. The molecule has 0 saturated heterocycles. The molecule has 0 radical (unpaired) electrons. The van der Waals surface area contributed by atoms with E-state index in [0.29, 0.717) is 19.5 Å². The van der Waals surface area contributed by atoms with Crippen molar-refractivity contribution >= 4 is 11.9 Å². The lowest BCUT2D eigenvalue weighted by molar-refractivity contribution is 0.0651. The van der Waals surface area contributed by atoms with E-state index in [1.807, 2.05) is 24.6 Å². The number of carbonyl (C=O) groups excluding carboxylic acids is 1. The van der Waals surface area contributed by atoms with Gasteiger partial charge in [0.05, 0.1) is 5.69 Å². The Morgan fingerprint density at radius 1 is 1.38 bits per heavy atom. The van der Waals surface area contributed by atoms with Crippen molar-refractivity contribution in [2.75, 3.05) is 6.54 Å². The first-order valence-electron chi connectivity index (χ1n) is 6.46. The average molecular weight is 292 g/mol. The lowest BCUT2D eigenvalue weighted by atomic mass is 10.3. The molecule has 0 aliphatic carbocycles. The Kier molecular flexibility index (Phi) is 4.36. The third-order valence-electron chi connectivity index (χ3n) is 2.89. The van der Waals surface area contributed by atoms with Crippen LogP contribution in [0.2, 0.25) is 0 Å². The van der Waals surface area contributed by atoms with Gasteiger partial charge >= 0.3 is 5.97 Å².